The first kappa shape index (κ1) is 17.7. The number of amides is 1. The quantitative estimate of drug-likeness (QED) is 0.484. The van der Waals surface area contributed by atoms with E-state index in [4.69, 9.17) is 5.73 Å². The molecule has 0 bridgehead atoms. The highest BCUT2D eigenvalue weighted by Gasteiger charge is 2.35. The molecule has 0 fully saturated rings. The van der Waals surface area contributed by atoms with Crippen molar-refractivity contribution in [3.05, 3.63) is 52.6 Å². The molecule has 1 aliphatic carbocycles. The molecule has 6 heteroatoms. The van der Waals surface area contributed by atoms with Crippen LogP contribution in [0.3, 0.4) is 0 Å². The van der Waals surface area contributed by atoms with Crippen molar-refractivity contribution in [2.24, 2.45) is 0 Å². The summed E-state index contributed by atoms with van der Waals surface area (Å²) in [4.78, 5) is 37.8. The highest BCUT2D eigenvalue weighted by molar-refractivity contribution is 6.33. The van der Waals surface area contributed by atoms with Gasteiger partial charge in [-0.05, 0) is 24.6 Å². The van der Waals surface area contributed by atoms with E-state index in [1.54, 1.807) is 30.3 Å². The van der Waals surface area contributed by atoms with Gasteiger partial charge in [0.2, 0.25) is 5.91 Å². The maximum Gasteiger partial charge on any atom is 0.221 e. The number of hydrogen-bond donors (Lipinski definition) is 3. The Bertz CT molecular complexity index is 919. The van der Waals surface area contributed by atoms with Crippen LogP contribution in [0.15, 0.2) is 30.3 Å². The van der Waals surface area contributed by atoms with Crippen LogP contribution in [0.25, 0.3) is 0 Å². The van der Waals surface area contributed by atoms with Gasteiger partial charge in [0.25, 0.3) is 0 Å². The smallest absolute Gasteiger partial charge is 0.221 e. The number of hydrogen-bond acceptors (Lipinski definition) is 5. The van der Waals surface area contributed by atoms with Crippen molar-refractivity contribution in [2.75, 3.05) is 22.9 Å². The van der Waals surface area contributed by atoms with Gasteiger partial charge in [0, 0.05) is 30.4 Å². The Morgan fingerprint density at radius 3 is 2.46 bits per heavy atom. The highest BCUT2D eigenvalue weighted by Crippen LogP contribution is 2.38. The summed E-state index contributed by atoms with van der Waals surface area (Å²) in [7, 11) is 0. The summed E-state index contributed by atoms with van der Waals surface area (Å²) in [5.41, 5.74) is 8.19. The fourth-order valence-electron chi connectivity index (χ4n) is 3.19. The molecular weight excluding hydrogens is 330 g/mol. The predicted molar refractivity (Wildman–Crippen MR) is 102 cm³/mol. The van der Waals surface area contributed by atoms with Crippen LogP contribution in [0.1, 0.15) is 58.5 Å². The number of unbranched alkanes of at least 4 members (excludes halogenated alkanes) is 1. The largest absolute Gasteiger partial charge is 0.398 e. The first-order valence-electron chi connectivity index (χ1n) is 8.62. The van der Waals surface area contributed by atoms with Crippen LogP contribution in [0.4, 0.5) is 17.1 Å². The zero-order chi connectivity index (χ0) is 18.8. The van der Waals surface area contributed by atoms with Gasteiger partial charge >= 0.3 is 0 Å². The first-order chi connectivity index (χ1) is 12.5. The van der Waals surface area contributed by atoms with Crippen molar-refractivity contribution >= 4 is 34.5 Å². The Labute approximate surface area is 151 Å². The van der Waals surface area contributed by atoms with E-state index in [0.717, 1.165) is 12.8 Å². The third-order valence-corrected chi connectivity index (χ3v) is 4.38. The van der Waals surface area contributed by atoms with Crippen LogP contribution in [0, 0.1) is 0 Å². The molecule has 3 rings (SSSR count). The van der Waals surface area contributed by atoms with E-state index in [0.29, 0.717) is 17.9 Å². The van der Waals surface area contributed by atoms with E-state index < -0.39 is 0 Å². The number of anilines is 3. The van der Waals surface area contributed by atoms with E-state index in [1.165, 1.54) is 6.92 Å². The van der Waals surface area contributed by atoms with Gasteiger partial charge in [-0.15, -0.1) is 0 Å². The van der Waals surface area contributed by atoms with Gasteiger partial charge in [-0.2, -0.15) is 0 Å². The summed E-state index contributed by atoms with van der Waals surface area (Å²) < 4.78 is 0. The Kier molecular flexibility index (Phi) is 4.75. The van der Waals surface area contributed by atoms with E-state index in [1.807, 2.05) is 0 Å². The predicted octanol–water partition coefficient (Wildman–Crippen LogP) is 3.21. The van der Waals surface area contributed by atoms with Crippen LogP contribution in [-0.2, 0) is 4.79 Å². The lowest BCUT2D eigenvalue weighted by atomic mass is 9.81. The molecule has 0 aromatic heterocycles. The number of fused-ring (bicyclic) bond motifs is 2. The topological polar surface area (TPSA) is 101 Å². The van der Waals surface area contributed by atoms with Crippen LogP contribution >= 0.6 is 0 Å². The summed E-state index contributed by atoms with van der Waals surface area (Å²) in [6, 6.07) is 8.20. The average Bonchev–Trinajstić information content (AvgIpc) is 2.60. The van der Waals surface area contributed by atoms with E-state index >= 15 is 0 Å². The van der Waals surface area contributed by atoms with E-state index in [-0.39, 0.29) is 45.4 Å². The lowest BCUT2D eigenvalue weighted by Crippen LogP contribution is -2.26. The van der Waals surface area contributed by atoms with Crippen LogP contribution in [0.2, 0.25) is 0 Å². The average molecular weight is 351 g/mol. The second-order valence-electron chi connectivity index (χ2n) is 6.30. The fraction of sp³-hybridized carbons (Fsp3) is 0.250. The minimum absolute atomic E-state index is 0.212. The van der Waals surface area contributed by atoms with Gasteiger partial charge in [-0.3, -0.25) is 14.4 Å². The van der Waals surface area contributed by atoms with Crippen LogP contribution < -0.4 is 16.4 Å². The number of carbonyl (C=O) groups is 3. The van der Waals surface area contributed by atoms with Gasteiger partial charge in [-0.25, -0.2) is 0 Å². The Morgan fingerprint density at radius 2 is 1.77 bits per heavy atom. The number of ketones is 2. The normalized spacial score (nSPS) is 12.4. The van der Waals surface area contributed by atoms with E-state index in [9.17, 15) is 14.4 Å². The van der Waals surface area contributed by atoms with Crippen LogP contribution in [-0.4, -0.2) is 24.0 Å². The molecule has 0 unspecified atom stereocenters. The number of nitrogen functional groups attached to an aromatic ring is 1. The Balaban J connectivity index is 2.17. The molecule has 1 aliphatic rings. The summed E-state index contributed by atoms with van der Waals surface area (Å²) in [6.45, 7) is 4.12. The third kappa shape index (κ3) is 2.94. The van der Waals surface area contributed by atoms with Crippen molar-refractivity contribution in [3.63, 3.8) is 0 Å². The van der Waals surface area contributed by atoms with Crippen molar-refractivity contribution in [1.82, 2.24) is 0 Å². The zero-order valence-electron chi connectivity index (χ0n) is 14.8. The van der Waals surface area contributed by atoms with Crippen LogP contribution in [0.5, 0.6) is 0 Å². The summed E-state index contributed by atoms with van der Waals surface area (Å²) in [6.07, 6.45) is 1.95. The lowest BCUT2D eigenvalue weighted by molar-refractivity contribution is -0.114. The molecular formula is C20H21N3O3. The molecule has 2 aromatic rings. The molecule has 1 amide bonds. The van der Waals surface area contributed by atoms with Crippen molar-refractivity contribution < 1.29 is 14.4 Å². The summed E-state index contributed by atoms with van der Waals surface area (Å²) in [5, 5.41) is 5.86. The summed E-state index contributed by atoms with van der Waals surface area (Å²) >= 11 is 0. The molecule has 134 valence electrons. The van der Waals surface area contributed by atoms with Gasteiger partial charge in [-0.1, -0.05) is 25.5 Å². The number of rotatable bonds is 5. The maximum absolute atomic E-state index is 13.3. The third-order valence-electron chi connectivity index (χ3n) is 4.38. The second kappa shape index (κ2) is 7.00. The van der Waals surface area contributed by atoms with Crippen molar-refractivity contribution in [1.29, 1.82) is 0 Å². The van der Waals surface area contributed by atoms with E-state index in [2.05, 4.69) is 17.6 Å². The Hall–Kier alpha value is -3.15. The Morgan fingerprint density at radius 1 is 1.00 bits per heavy atom. The minimum Gasteiger partial charge on any atom is -0.398 e. The monoisotopic (exact) mass is 351 g/mol. The molecule has 6 nitrogen and oxygen atoms in total. The minimum atomic E-state index is -0.315. The molecule has 0 spiro atoms. The molecule has 2 aromatic carbocycles. The number of benzene rings is 2. The maximum atomic E-state index is 13.3. The molecule has 0 radical (unpaired) electrons. The molecule has 0 saturated carbocycles. The highest BCUT2D eigenvalue weighted by atomic mass is 16.2. The standard InChI is InChI=1S/C20H21N3O3/c1-3-4-10-22-14-9-8-13(21)17-18(14)20(26)16-12(19(17)25)6-5-7-15(16)23-11(2)24/h5-9,22H,3-4,10,21H2,1-2H3,(H,23,24). The van der Waals surface area contributed by atoms with Gasteiger partial charge in [0.05, 0.1) is 22.4 Å². The lowest BCUT2D eigenvalue weighted by Gasteiger charge is -2.24. The molecule has 0 aliphatic heterocycles. The first-order valence-corrected chi connectivity index (χ1v) is 8.62. The van der Waals surface area contributed by atoms with Crippen molar-refractivity contribution in [3.8, 4) is 0 Å². The fourth-order valence-corrected chi connectivity index (χ4v) is 3.19. The van der Waals surface area contributed by atoms with Gasteiger partial charge in [0.1, 0.15) is 0 Å². The second-order valence-corrected chi connectivity index (χ2v) is 6.30. The zero-order valence-corrected chi connectivity index (χ0v) is 14.8. The number of carbonyl (C=O) groups excluding carboxylic acids is 3. The molecule has 0 heterocycles. The molecule has 26 heavy (non-hydrogen) atoms. The molecule has 0 atom stereocenters. The molecule has 0 saturated heterocycles. The van der Waals surface area contributed by atoms with Gasteiger partial charge < -0.3 is 16.4 Å². The summed E-state index contributed by atoms with van der Waals surface area (Å²) in [5.74, 6) is -0.929. The number of nitrogens with one attached hydrogen (secondary N) is 2. The van der Waals surface area contributed by atoms with Gasteiger partial charge in [0.15, 0.2) is 11.6 Å². The van der Waals surface area contributed by atoms with Crippen molar-refractivity contribution in [2.45, 2.75) is 26.7 Å². The molecule has 4 N–H and O–H groups in total. The number of nitrogens with two attached hydrogens (primary N) is 1. The SMILES string of the molecule is CCCCNc1ccc(N)c2c1C(=O)c1c(NC(C)=O)cccc1C2=O.